The summed E-state index contributed by atoms with van der Waals surface area (Å²) in [6, 6.07) is 12.9. The number of aromatic nitrogens is 2. The number of hydrogen-bond donors (Lipinski definition) is 2. The molecule has 6 heteroatoms. The second kappa shape index (κ2) is 6.41. The Hall–Kier alpha value is -2.73. The first-order valence-electron chi connectivity index (χ1n) is 7.52. The minimum Gasteiger partial charge on any atom is -0.348 e. The predicted molar refractivity (Wildman–Crippen MR) is 96.7 cm³/mol. The number of aryl methyl sites for hydroxylation is 1. The molecule has 1 heterocycles. The van der Waals surface area contributed by atoms with Gasteiger partial charge in [-0.3, -0.25) is 14.2 Å². The van der Waals surface area contributed by atoms with Gasteiger partial charge >= 0.3 is 0 Å². The Bertz CT molecular complexity index is 1050. The molecule has 3 aromatic rings. The normalized spacial score (nSPS) is 10.8. The van der Waals surface area contributed by atoms with Gasteiger partial charge in [0, 0.05) is 19.2 Å². The number of nitrogens with one attached hydrogen (secondary N) is 2. The van der Waals surface area contributed by atoms with Gasteiger partial charge in [0.15, 0.2) is 4.77 Å². The van der Waals surface area contributed by atoms with Crippen molar-refractivity contribution in [2.24, 2.45) is 7.05 Å². The molecular weight excluding hydrogens is 322 g/mol. The van der Waals surface area contributed by atoms with Crippen LogP contribution in [0, 0.1) is 11.7 Å². The summed E-state index contributed by atoms with van der Waals surface area (Å²) in [6.45, 7) is 2.46. The van der Waals surface area contributed by atoms with E-state index in [0.29, 0.717) is 27.8 Å². The molecule has 2 aromatic carbocycles. The number of H-pyrrole nitrogens is 1. The third-order valence-corrected chi connectivity index (χ3v) is 4.27. The lowest BCUT2D eigenvalue weighted by atomic mass is 10.1. The molecular formula is C18H17N3O2S. The van der Waals surface area contributed by atoms with E-state index in [2.05, 4.69) is 10.3 Å². The van der Waals surface area contributed by atoms with Gasteiger partial charge in [0.05, 0.1) is 10.9 Å². The molecule has 1 amide bonds. The van der Waals surface area contributed by atoms with Crippen LogP contribution in [0.4, 0.5) is 0 Å². The predicted octanol–water partition coefficient (Wildman–Crippen LogP) is 2.83. The maximum Gasteiger partial charge on any atom is 0.261 e. The van der Waals surface area contributed by atoms with E-state index >= 15 is 0 Å². The van der Waals surface area contributed by atoms with E-state index in [-0.39, 0.29) is 11.5 Å². The number of carbonyl (C=O) groups excluding carboxylic acids is 1. The van der Waals surface area contributed by atoms with Crippen LogP contribution in [0.5, 0.6) is 0 Å². The SMILES string of the molecule is Cc1cccc(CNC(=O)c2ccc3c(=O)n(C)c(=S)[nH]c3c2)c1. The molecule has 1 aromatic heterocycles. The Labute approximate surface area is 144 Å². The Morgan fingerprint density at radius 2 is 2.04 bits per heavy atom. The standard InChI is InChI=1S/C18H17N3O2S/c1-11-4-3-5-12(8-11)10-19-16(22)13-6-7-14-15(9-13)20-18(24)21(2)17(14)23/h3-9H,10H2,1-2H3,(H,19,22)(H,20,24). The summed E-state index contributed by atoms with van der Waals surface area (Å²) in [5.41, 5.74) is 3.05. The first kappa shape index (κ1) is 16.1. The van der Waals surface area contributed by atoms with Gasteiger partial charge in [-0.2, -0.15) is 0 Å². The molecule has 0 saturated carbocycles. The van der Waals surface area contributed by atoms with Gasteiger partial charge in [0.2, 0.25) is 0 Å². The highest BCUT2D eigenvalue weighted by Gasteiger charge is 2.09. The lowest BCUT2D eigenvalue weighted by molar-refractivity contribution is 0.0951. The highest BCUT2D eigenvalue weighted by Crippen LogP contribution is 2.11. The molecule has 0 spiro atoms. The van der Waals surface area contributed by atoms with Crippen molar-refractivity contribution in [2.45, 2.75) is 13.5 Å². The van der Waals surface area contributed by atoms with Crippen molar-refractivity contribution < 1.29 is 4.79 Å². The first-order valence-corrected chi connectivity index (χ1v) is 7.93. The van der Waals surface area contributed by atoms with Crippen molar-refractivity contribution >= 4 is 29.0 Å². The molecule has 0 saturated heterocycles. The molecule has 24 heavy (non-hydrogen) atoms. The fraction of sp³-hybridized carbons (Fsp3) is 0.167. The fourth-order valence-electron chi connectivity index (χ4n) is 2.55. The molecule has 0 aliphatic heterocycles. The number of amides is 1. The summed E-state index contributed by atoms with van der Waals surface area (Å²) in [5.74, 6) is -0.196. The van der Waals surface area contributed by atoms with Crippen molar-refractivity contribution in [3.05, 3.63) is 74.3 Å². The molecule has 0 aliphatic carbocycles. The van der Waals surface area contributed by atoms with Crippen LogP contribution < -0.4 is 10.9 Å². The van der Waals surface area contributed by atoms with Crippen molar-refractivity contribution in [3.63, 3.8) is 0 Å². The van der Waals surface area contributed by atoms with Crippen molar-refractivity contribution in [1.82, 2.24) is 14.9 Å². The number of benzene rings is 2. The van der Waals surface area contributed by atoms with Crippen molar-refractivity contribution in [2.75, 3.05) is 0 Å². The van der Waals surface area contributed by atoms with Gasteiger partial charge in [0.25, 0.3) is 11.5 Å². The van der Waals surface area contributed by atoms with Crippen LogP contribution in [0.2, 0.25) is 0 Å². The summed E-state index contributed by atoms with van der Waals surface area (Å²) in [7, 11) is 1.61. The highest BCUT2D eigenvalue weighted by molar-refractivity contribution is 7.71. The summed E-state index contributed by atoms with van der Waals surface area (Å²) < 4.78 is 1.69. The van der Waals surface area contributed by atoms with Gasteiger partial charge in [-0.05, 0) is 42.9 Å². The average molecular weight is 339 g/mol. The lowest BCUT2D eigenvalue weighted by Gasteiger charge is -2.08. The summed E-state index contributed by atoms with van der Waals surface area (Å²) in [5, 5.41) is 3.39. The lowest BCUT2D eigenvalue weighted by Crippen LogP contribution is -2.23. The molecule has 0 bridgehead atoms. The second-order valence-electron chi connectivity index (χ2n) is 5.73. The van der Waals surface area contributed by atoms with E-state index in [4.69, 9.17) is 12.2 Å². The molecule has 0 radical (unpaired) electrons. The van der Waals surface area contributed by atoms with Crippen LogP contribution >= 0.6 is 12.2 Å². The fourth-order valence-corrected chi connectivity index (χ4v) is 2.75. The summed E-state index contributed by atoms with van der Waals surface area (Å²) in [4.78, 5) is 27.5. The second-order valence-corrected chi connectivity index (χ2v) is 6.11. The Balaban J connectivity index is 1.86. The first-order chi connectivity index (χ1) is 11.5. The van der Waals surface area contributed by atoms with Gasteiger partial charge < -0.3 is 10.3 Å². The molecule has 122 valence electrons. The zero-order valence-electron chi connectivity index (χ0n) is 13.4. The van der Waals surface area contributed by atoms with E-state index in [9.17, 15) is 9.59 Å². The quantitative estimate of drug-likeness (QED) is 0.721. The molecule has 2 N–H and O–H groups in total. The maximum absolute atomic E-state index is 12.3. The summed E-state index contributed by atoms with van der Waals surface area (Å²) in [6.07, 6.45) is 0. The number of carbonyl (C=O) groups is 1. The molecule has 5 nitrogen and oxygen atoms in total. The van der Waals surface area contributed by atoms with E-state index in [1.165, 1.54) is 4.57 Å². The minimum atomic E-state index is -0.196. The summed E-state index contributed by atoms with van der Waals surface area (Å²) >= 11 is 5.11. The van der Waals surface area contributed by atoms with E-state index in [0.717, 1.165) is 11.1 Å². The van der Waals surface area contributed by atoms with Crippen LogP contribution in [-0.4, -0.2) is 15.5 Å². The Morgan fingerprint density at radius 3 is 2.79 bits per heavy atom. The van der Waals surface area contributed by atoms with Crippen LogP contribution in [0.3, 0.4) is 0 Å². The Morgan fingerprint density at radius 1 is 1.25 bits per heavy atom. The number of aromatic amines is 1. The van der Waals surface area contributed by atoms with E-state index in [1.807, 2.05) is 31.2 Å². The zero-order chi connectivity index (χ0) is 17.3. The van der Waals surface area contributed by atoms with Crippen LogP contribution in [0.25, 0.3) is 10.9 Å². The maximum atomic E-state index is 12.3. The highest BCUT2D eigenvalue weighted by atomic mass is 32.1. The zero-order valence-corrected chi connectivity index (χ0v) is 14.2. The van der Waals surface area contributed by atoms with Gasteiger partial charge in [-0.15, -0.1) is 0 Å². The number of rotatable bonds is 3. The van der Waals surface area contributed by atoms with Crippen LogP contribution in [0.1, 0.15) is 21.5 Å². The number of fused-ring (bicyclic) bond motifs is 1. The third-order valence-electron chi connectivity index (χ3n) is 3.90. The smallest absolute Gasteiger partial charge is 0.261 e. The molecule has 0 unspecified atom stereocenters. The van der Waals surface area contributed by atoms with Gasteiger partial charge in [0.1, 0.15) is 0 Å². The van der Waals surface area contributed by atoms with Crippen molar-refractivity contribution in [3.8, 4) is 0 Å². The molecule has 0 aliphatic rings. The van der Waals surface area contributed by atoms with Gasteiger partial charge in [-0.25, -0.2) is 0 Å². The topological polar surface area (TPSA) is 66.9 Å². The van der Waals surface area contributed by atoms with Crippen molar-refractivity contribution in [1.29, 1.82) is 0 Å². The Kier molecular flexibility index (Phi) is 4.31. The van der Waals surface area contributed by atoms with Crippen LogP contribution in [-0.2, 0) is 13.6 Å². The van der Waals surface area contributed by atoms with Gasteiger partial charge in [-0.1, -0.05) is 29.8 Å². The third kappa shape index (κ3) is 3.14. The molecule has 3 rings (SSSR count). The molecule has 0 atom stereocenters. The van der Waals surface area contributed by atoms with E-state index < -0.39 is 0 Å². The number of hydrogen-bond acceptors (Lipinski definition) is 3. The van der Waals surface area contributed by atoms with Crippen LogP contribution in [0.15, 0.2) is 47.3 Å². The number of nitrogens with zero attached hydrogens (tertiary/aromatic N) is 1. The molecule has 0 fully saturated rings. The largest absolute Gasteiger partial charge is 0.348 e. The minimum absolute atomic E-state index is 0.180. The van der Waals surface area contributed by atoms with E-state index in [1.54, 1.807) is 25.2 Å². The monoisotopic (exact) mass is 339 g/mol. The average Bonchev–Trinajstić information content (AvgIpc) is 2.57.